The maximum absolute atomic E-state index is 11.9. The van der Waals surface area contributed by atoms with Gasteiger partial charge < -0.3 is 16.0 Å². The van der Waals surface area contributed by atoms with Gasteiger partial charge in [-0.1, -0.05) is 6.92 Å². The summed E-state index contributed by atoms with van der Waals surface area (Å²) >= 11 is 0. The Hall–Kier alpha value is -0.610. The number of amides is 1. The summed E-state index contributed by atoms with van der Waals surface area (Å²) in [5.41, 5.74) is 5.51. The lowest BCUT2D eigenvalue weighted by Gasteiger charge is -2.35. The minimum absolute atomic E-state index is 0.209. The largest absolute Gasteiger partial charge is 0.353 e. The molecule has 1 fully saturated rings. The van der Waals surface area contributed by atoms with E-state index in [9.17, 15) is 4.79 Å². The van der Waals surface area contributed by atoms with Crippen molar-refractivity contribution in [1.82, 2.24) is 10.2 Å². The maximum atomic E-state index is 11.9. The van der Waals surface area contributed by atoms with Gasteiger partial charge >= 0.3 is 0 Å². The van der Waals surface area contributed by atoms with Crippen molar-refractivity contribution in [2.45, 2.75) is 58.0 Å². The topological polar surface area (TPSA) is 58.4 Å². The summed E-state index contributed by atoms with van der Waals surface area (Å²) in [7, 11) is 2.15. The van der Waals surface area contributed by atoms with E-state index in [0.29, 0.717) is 24.4 Å². The van der Waals surface area contributed by atoms with Gasteiger partial charge in [0, 0.05) is 25.0 Å². The molecule has 0 saturated carbocycles. The molecule has 3 N–H and O–H groups in total. The molecule has 3 atom stereocenters. The average molecular weight is 255 g/mol. The lowest BCUT2D eigenvalue weighted by Crippen LogP contribution is -2.47. The van der Waals surface area contributed by atoms with Crippen molar-refractivity contribution in [3.8, 4) is 0 Å². The number of rotatable bonds is 6. The SMILES string of the molecule is CC(CCN)CCC(=O)NC1CCN(C)C(C)C1. The van der Waals surface area contributed by atoms with Gasteiger partial charge in [-0.25, -0.2) is 0 Å². The van der Waals surface area contributed by atoms with Gasteiger partial charge in [0.2, 0.25) is 5.91 Å². The van der Waals surface area contributed by atoms with Crippen LogP contribution >= 0.6 is 0 Å². The van der Waals surface area contributed by atoms with E-state index in [2.05, 4.69) is 31.1 Å². The highest BCUT2D eigenvalue weighted by Crippen LogP contribution is 2.16. The van der Waals surface area contributed by atoms with Crippen molar-refractivity contribution in [1.29, 1.82) is 0 Å². The van der Waals surface area contributed by atoms with Crippen LogP contribution in [0.25, 0.3) is 0 Å². The van der Waals surface area contributed by atoms with Crippen LogP contribution in [0.15, 0.2) is 0 Å². The lowest BCUT2D eigenvalue weighted by atomic mass is 9.98. The number of carbonyl (C=O) groups excluding carboxylic acids is 1. The summed E-state index contributed by atoms with van der Waals surface area (Å²) in [5.74, 6) is 0.762. The van der Waals surface area contributed by atoms with E-state index in [1.807, 2.05) is 0 Å². The Bertz CT molecular complexity index is 257. The van der Waals surface area contributed by atoms with Crippen LogP contribution < -0.4 is 11.1 Å². The molecule has 0 radical (unpaired) electrons. The van der Waals surface area contributed by atoms with Gasteiger partial charge in [-0.2, -0.15) is 0 Å². The van der Waals surface area contributed by atoms with Gasteiger partial charge in [-0.05, 0) is 52.1 Å². The van der Waals surface area contributed by atoms with Crippen LogP contribution in [0, 0.1) is 5.92 Å². The fourth-order valence-electron chi connectivity index (χ4n) is 2.53. The van der Waals surface area contributed by atoms with Crippen molar-refractivity contribution in [2.75, 3.05) is 20.1 Å². The summed E-state index contributed by atoms with van der Waals surface area (Å²) in [6.07, 6.45) is 4.75. The van der Waals surface area contributed by atoms with Crippen LogP contribution in [0.5, 0.6) is 0 Å². The maximum Gasteiger partial charge on any atom is 0.220 e. The van der Waals surface area contributed by atoms with Gasteiger partial charge in [-0.15, -0.1) is 0 Å². The molecule has 1 aliphatic heterocycles. The molecule has 0 bridgehead atoms. The molecule has 4 nitrogen and oxygen atoms in total. The van der Waals surface area contributed by atoms with Crippen LogP contribution in [0.3, 0.4) is 0 Å². The van der Waals surface area contributed by atoms with Gasteiger partial charge in [0.15, 0.2) is 0 Å². The highest BCUT2D eigenvalue weighted by atomic mass is 16.1. The molecule has 1 heterocycles. The summed E-state index contributed by atoms with van der Waals surface area (Å²) < 4.78 is 0. The van der Waals surface area contributed by atoms with E-state index in [1.54, 1.807) is 0 Å². The molecule has 0 aliphatic carbocycles. The van der Waals surface area contributed by atoms with Crippen LogP contribution in [0.4, 0.5) is 0 Å². The molecule has 0 aromatic rings. The molecule has 0 aromatic carbocycles. The zero-order valence-electron chi connectivity index (χ0n) is 12.1. The van der Waals surface area contributed by atoms with Crippen LogP contribution in [-0.4, -0.2) is 43.0 Å². The quantitative estimate of drug-likeness (QED) is 0.753. The van der Waals surface area contributed by atoms with E-state index in [1.165, 1.54) is 0 Å². The van der Waals surface area contributed by atoms with E-state index in [-0.39, 0.29) is 5.91 Å². The Morgan fingerprint density at radius 1 is 1.50 bits per heavy atom. The third kappa shape index (κ3) is 5.36. The normalized spacial score (nSPS) is 26.9. The Morgan fingerprint density at radius 2 is 2.22 bits per heavy atom. The third-order valence-corrected chi connectivity index (χ3v) is 4.10. The monoisotopic (exact) mass is 255 g/mol. The van der Waals surface area contributed by atoms with E-state index in [4.69, 9.17) is 5.73 Å². The second kappa shape index (κ2) is 7.74. The molecule has 1 saturated heterocycles. The van der Waals surface area contributed by atoms with E-state index >= 15 is 0 Å². The predicted octanol–water partition coefficient (Wildman–Crippen LogP) is 1.35. The number of nitrogens with one attached hydrogen (secondary N) is 1. The zero-order chi connectivity index (χ0) is 13.5. The van der Waals surface area contributed by atoms with Crippen LogP contribution in [0.2, 0.25) is 0 Å². The van der Waals surface area contributed by atoms with Crippen molar-refractivity contribution >= 4 is 5.91 Å². The van der Waals surface area contributed by atoms with E-state index < -0.39 is 0 Å². The molecule has 1 rings (SSSR count). The fraction of sp³-hybridized carbons (Fsp3) is 0.929. The number of nitrogens with two attached hydrogens (primary N) is 1. The van der Waals surface area contributed by atoms with Crippen molar-refractivity contribution in [3.63, 3.8) is 0 Å². The lowest BCUT2D eigenvalue weighted by molar-refractivity contribution is -0.122. The van der Waals surface area contributed by atoms with Gasteiger partial charge in [0.1, 0.15) is 0 Å². The van der Waals surface area contributed by atoms with Crippen molar-refractivity contribution in [3.05, 3.63) is 0 Å². The predicted molar refractivity (Wildman–Crippen MR) is 75.3 cm³/mol. The number of carbonyl (C=O) groups is 1. The molecule has 1 aliphatic rings. The smallest absolute Gasteiger partial charge is 0.220 e. The van der Waals surface area contributed by atoms with Gasteiger partial charge in [-0.3, -0.25) is 4.79 Å². The Kier molecular flexibility index (Phi) is 6.65. The second-order valence-electron chi connectivity index (χ2n) is 5.84. The first-order valence-corrected chi connectivity index (χ1v) is 7.22. The first-order chi connectivity index (χ1) is 8.52. The molecular formula is C14H29N3O. The Balaban J connectivity index is 2.20. The zero-order valence-corrected chi connectivity index (χ0v) is 12.1. The summed E-state index contributed by atoms with van der Waals surface area (Å²) in [4.78, 5) is 14.2. The Morgan fingerprint density at radius 3 is 2.83 bits per heavy atom. The second-order valence-corrected chi connectivity index (χ2v) is 5.84. The molecule has 0 aromatic heterocycles. The van der Waals surface area contributed by atoms with E-state index in [0.717, 1.165) is 38.8 Å². The first kappa shape index (κ1) is 15.4. The molecule has 18 heavy (non-hydrogen) atoms. The number of piperidine rings is 1. The number of nitrogens with zero attached hydrogens (tertiary/aromatic N) is 1. The molecular weight excluding hydrogens is 226 g/mol. The molecule has 1 amide bonds. The van der Waals surface area contributed by atoms with Crippen molar-refractivity contribution in [2.24, 2.45) is 11.7 Å². The number of likely N-dealkylation sites (tertiary alicyclic amines) is 1. The third-order valence-electron chi connectivity index (χ3n) is 4.10. The van der Waals surface area contributed by atoms with Crippen LogP contribution in [0.1, 0.15) is 46.0 Å². The number of hydrogen-bond donors (Lipinski definition) is 2. The molecule has 0 spiro atoms. The summed E-state index contributed by atoms with van der Waals surface area (Å²) in [6.45, 7) is 6.18. The van der Waals surface area contributed by atoms with Crippen molar-refractivity contribution < 1.29 is 4.79 Å². The highest BCUT2D eigenvalue weighted by molar-refractivity contribution is 5.76. The standard InChI is InChI=1S/C14H29N3O/c1-11(6-8-15)4-5-14(18)16-13-7-9-17(3)12(2)10-13/h11-13H,4-10,15H2,1-3H3,(H,16,18). The molecule has 4 heteroatoms. The van der Waals surface area contributed by atoms with Crippen LogP contribution in [-0.2, 0) is 4.79 Å². The summed E-state index contributed by atoms with van der Waals surface area (Å²) in [5, 5.41) is 3.17. The average Bonchev–Trinajstić information content (AvgIpc) is 2.32. The first-order valence-electron chi connectivity index (χ1n) is 7.22. The number of hydrogen-bond acceptors (Lipinski definition) is 3. The summed E-state index contributed by atoms with van der Waals surface area (Å²) in [6, 6.07) is 0.939. The minimum Gasteiger partial charge on any atom is -0.353 e. The molecule has 106 valence electrons. The van der Waals surface area contributed by atoms with Gasteiger partial charge in [0.25, 0.3) is 0 Å². The van der Waals surface area contributed by atoms with Gasteiger partial charge in [0.05, 0.1) is 0 Å². The minimum atomic E-state index is 0.209. The molecule has 3 unspecified atom stereocenters. The fourth-order valence-corrected chi connectivity index (χ4v) is 2.53. The Labute approximate surface area is 111 Å². The highest BCUT2D eigenvalue weighted by Gasteiger charge is 2.23.